The van der Waals surface area contributed by atoms with Crippen LogP contribution in [0.15, 0.2) is 200 Å². The van der Waals surface area contributed by atoms with E-state index in [4.69, 9.17) is 28.4 Å². The second-order valence-corrected chi connectivity index (χ2v) is 27.4. The van der Waals surface area contributed by atoms with Crippen LogP contribution in [-0.2, 0) is 19.8 Å². The van der Waals surface area contributed by atoms with Crippen LogP contribution < -0.4 is 43.1 Å². The van der Waals surface area contributed by atoms with E-state index < -0.39 is 0 Å². The summed E-state index contributed by atoms with van der Waals surface area (Å²) in [6.45, 7) is 16.0. The maximum atomic E-state index is 15.5. The number of ether oxygens (including phenoxy) is 6. The summed E-state index contributed by atoms with van der Waals surface area (Å²) in [4.78, 5) is 6.50. The van der Waals surface area contributed by atoms with Gasteiger partial charge in [0.15, 0.2) is 0 Å². The summed E-state index contributed by atoms with van der Waals surface area (Å²) in [5.41, 5.74) is 12.6. The normalized spacial score (nSPS) is 11.2. The third kappa shape index (κ3) is 25.2. The Hall–Kier alpha value is -8.93. The molecule has 0 bridgehead atoms. The highest BCUT2D eigenvalue weighted by Crippen LogP contribution is 2.44. The van der Waals surface area contributed by atoms with Crippen LogP contribution in [0.4, 0.5) is 55.6 Å². The zero-order chi connectivity index (χ0) is 71.4. The first-order chi connectivity index (χ1) is 50.1. The van der Waals surface area contributed by atoms with Crippen LogP contribution in [0.3, 0.4) is 0 Å². The zero-order valence-electron chi connectivity index (χ0n) is 62.1. The summed E-state index contributed by atoms with van der Waals surface area (Å²) in [5, 5.41) is 10.4. The molecule has 0 amide bonds. The molecule has 0 aliphatic heterocycles. The summed E-state index contributed by atoms with van der Waals surface area (Å²) < 4.78 is 55.8. The molecule has 0 atom stereocenters. The molecule has 9 aromatic rings. The first-order valence-corrected chi connectivity index (χ1v) is 38.5. The SMILES string of the molecule is CCCCCCCCOc1cc(OCCCCCCCC)cc(N(c2ccc(C)cc2)c2cccc(COc3cc(OCc4cccc(N(c5ccc(C)cc5)c5cc(OCCCCCCCC)cc(OCCCCCCCC)c5)c4)cc(N(c4cccc(F)c4)c4cccc(CO)c4)c3)c2)c1. The molecule has 9 aromatic carbocycles. The Morgan fingerprint density at radius 3 is 0.863 bits per heavy atom. The van der Waals surface area contributed by atoms with Crippen LogP contribution in [0.25, 0.3) is 0 Å². The number of anilines is 9. The lowest BCUT2D eigenvalue weighted by Crippen LogP contribution is -2.12. The Morgan fingerprint density at radius 1 is 0.265 bits per heavy atom. The predicted molar refractivity (Wildman–Crippen MR) is 423 cm³/mol. The third-order valence-electron chi connectivity index (χ3n) is 18.6. The van der Waals surface area contributed by atoms with E-state index in [9.17, 15) is 5.11 Å². The second kappa shape index (κ2) is 43.1. The number of benzene rings is 9. The summed E-state index contributed by atoms with van der Waals surface area (Å²) in [5.74, 6) is 3.82. The van der Waals surface area contributed by atoms with Gasteiger partial charge in [0.25, 0.3) is 0 Å². The van der Waals surface area contributed by atoms with E-state index in [2.05, 4.69) is 185 Å². The van der Waals surface area contributed by atoms with Gasteiger partial charge in [-0.15, -0.1) is 0 Å². The van der Waals surface area contributed by atoms with Crippen LogP contribution in [0.2, 0.25) is 0 Å². The van der Waals surface area contributed by atoms with Gasteiger partial charge in [0, 0.05) is 88.7 Å². The van der Waals surface area contributed by atoms with Crippen molar-refractivity contribution in [1.29, 1.82) is 0 Å². The van der Waals surface area contributed by atoms with Crippen molar-refractivity contribution in [2.75, 3.05) is 41.1 Å². The van der Waals surface area contributed by atoms with E-state index in [0.717, 1.165) is 125 Å². The summed E-state index contributed by atoms with van der Waals surface area (Å²) in [7, 11) is 0. The lowest BCUT2D eigenvalue weighted by atomic mass is 10.1. The maximum absolute atomic E-state index is 15.5. The standard InChI is InChI=1S/C91H114FN3O7/c1-7-11-15-19-23-27-51-97-86-59-83(60-87(65-86)98-52-28-24-20-16-12-8-2)93(77-47-43-71(5)44-48-77)80-40-32-36-74(56-80)69-101-90-63-85(95(82-42-34-38-76(92)58-82)79-39-31-35-73(55-79)68-96)64-91(67-90)102-70-75-37-33-41-81(57-75)94(78-49-45-72(6)46-50-78)84-61-88(99-53-29-25-21-17-13-9-3)66-89(62-84)100-54-30-26-22-18-14-10-4/h31-50,55-67,96H,7-30,51-54,68-70H2,1-6H3. The number of halogens is 1. The largest absolute Gasteiger partial charge is 0.493 e. The van der Waals surface area contributed by atoms with Crippen molar-refractivity contribution in [2.45, 2.75) is 215 Å². The van der Waals surface area contributed by atoms with E-state index in [0.29, 0.717) is 54.9 Å². The summed E-state index contributed by atoms with van der Waals surface area (Å²) in [6, 6.07) is 66.9. The molecule has 0 unspecified atom stereocenters. The van der Waals surface area contributed by atoms with E-state index in [1.807, 2.05) is 53.4 Å². The van der Waals surface area contributed by atoms with E-state index in [-0.39, 0.29) is 25.6 Å². The van der Waals surface area contributed by atoms with E-state index in [1.54, 1.807) is 6.07 Å². The Bertz CT molecular complexity index is 3600. The minimum Gasteiger partial charge on any atom is -0.493 e. The number of aryl methyl sites for hydroxylation is 2. The number of hydrogen-bond donors (Lipinski definition) is 1. The van der Waals surface area contributed by atoms with Gasteiger partial charge < -0.3 is 48.2 Å². The first-order valence-electron chi connectivity index (χ1n) is 38.5. The van der Waals surface area contributed by atoms with Gasteiger partial charge in [0.1, 0.15) is 53.5 Å². The van der Waals surface area contributed by atoms with Crippen LogP contribution in [-0.4, -0.2) is 31.5 Å². The molecule has 0 spiro atoms. The fourth-order valence-corrected chi connectivity index (χ4v) is 12.9. The molecule has 9 rings (SSSR count). The van der Waals surface area contributed by atoms with Gasteiger partial charge >= 0.3 is 0 Å². The molecule has 0 radical (unpaired) electrons. The maximum Gasteiger partial charge on any atom is 0.125 e. The molecule has 1 N–H and O–H groups in total. The monoisotopic (exact) mass is 1380 g/mol. The summed E-state index contributed by atoms with van der Waals surface area (Å²) in [6.07, 6.45) is 28.4. The molecule has 0 saturated heterocycles. The highest BCUT2D eigenvalue weighted by molar-refractivity contribution is 5.81. The fourth-order valence-electron chi connectivity index (χ4n) is 12.9. The quantitative estimate of drug-likeness (QED) is 0.0372. The smallest absolute Gasteiger partial charge is 0.125 e. The minimum atomic E-state index is -0.382. The van der Waals surface area contributed by atoms with Gasteiger partial charge in [-0.2, -0.15) is 0 Å². The highest BCUT2D eigenvalue weighted by Gasteiger charge is 2.22. The van der Waals surface area contributed by atoms with Gasteiger partial charge in [0.2, 0.25) is 0 Å². The summed E-state index contributed by atoms with van der Waals surface area (Å²) >= 11 is 0. The first kappa shape index (κ1) is 77.2. The fraction of sp³-hybridized carbons (Fsp3) is 0.407. The number of hydrogen-bond acceptors (Lipinski definition) is 10. The van der Waals surface area contributed by atoms with Crippen molar-refractivity contribution < 1.29 is 37.9 Å². The molecule has 11 heteroatoms. The van der Waals surface area contributed by atoms with Crippen LogP contribution in [0.1, 0.15) is 210 Å². The molecule has 102 heavy (non-hydrogen) atoms. The predicted octanol–water partition coefficient (Wildman–Crippen LogP) is 26.5. The molecule has 0 aliphatic carbocycles. The second-order valence-electron chi connectivity index (χ2n) is 27.4. The lowest BCUT2D eigenvalue weighted by Gasteiger charge is -2.28. The van der Waals surface area contributed by atoms with Crippen molar-refractivity contribution in [3.63, 3.8) is 0 Å². The number of aliphatic hydroxyl groups excluding tert-OH is 1. The van der Waals surface area contributed by atoms with Crippen molar-refractivity contribution in [3.8, 4) is 34.5 Å². The van der Waals surface area contributed by atoms with Crippen LogP contribution in [0, 0.1) is 19.7 Å². The minimum absolute atomic E-state index is 0.164. The average molecular weight is 1380 g/mol. The molecule has 0 fully saturated rings. The lowest BCUT2D eigenvalue weighted by molar-refractivity contribution is 0.282. The van der Waals surface area contributed by atoms with Crippen molar-refractivity contribution in [1.82, 2.24) is 0 Å². The molecule has 0 aromatic heterocycles. The van der Waals surface area contributed by atoms with Crippen LogP contribution >= 0.6 is 0 Å². The van der Waals surface area contributed by atoms with E-state index >= 15 is 4.39 Å². The average Bonchev–Trinajstić information content (AvgIpc) is 0.812. The Balaban J connectivity index is 1.04. The molecule has 0 heterocycles. The molecular weight excluding hydrogens is 1270 g/mol. The van der Waals surface area contributed by atoms with E-state index in [1.165, 1.54) is 126 Å². The van der Waals surface area contributed by atoms with Gasteiger partial charge in [-0.1, -0.05) is 234 Å². The highest BCUT2D eigenvalue weighted by atomic mass is 19.1. The van der Waals surface area contributed by atoms with Crippen molar-refractivity contribution in [2.24, 2.45) is 0 Å². The molecule has 542 valence electrons. The Kier molecular flexibility index (Phi) is 32.7. The number of unbranched alkanes of at least 4 members (excludes halogenated alkanes) is 20. The number of nitrogens with zero attached hydrogens (tertiary/aromatic N) is 3. The van der Waals surface area contributed by atoms with Gasteiger partial charge in [-0.25, -0.2) is 4.39 Å². The molecule has 0 saturated carbocycles. The Morgan fingerprint density at radius 2 is 0.539 bits per heavy atom. The van der Waals surface area contributed by atoms with Crippen molar-refractivity contribution in [3.05, 3.63) is 234 Å². The third-order valence-corrected chi connectivity index (χ3v) is 18.6. The zero-order valence-corrected chi connectivity index (χ0v) is 62.1. The van der Waals surface area contributed by atoms with Crippen molar-refractivity contribution >= 4 is 51.2 Å². The van der Waals surface area contributed by atoms with Gasteiger partial charge in [0.05, 0.1) is 50.1 Å². The number of rotatable bonds is 48. The van der Waals surface area contributed by atoms with Crippen LogP contribution in [0.5, 0.6) is 34.5 Å². The number of aliphatic hydroxyl groups is 1. The van der Waals surface area contributed by atoms with Gasteiger partial charge in [-0.3, -0.25) is 0 Å². The van der Waals surface area contributed by atoms with Gasteiger partial charge in [-0.05, 0) is 135 Å². The topological polar surface area (TPSA) is 85.3 Å². The molecule has 10 nitrogen and oxygen atoms in total. The molecule has 0 aliphatic rings. The molecular formula is C91H114FN3O7. The Labute approximate surface area is 610 Å².